The Morgan fingerprint density at radius 1 is 0.319 bits per heavy atom. The maximum absolute atomic E-state index is 6.57. The molecule has 8 aromatic heterocycles. The summed E-state index contributed by atoms with van der Waals surface area (Å²) in [6.45, 7) is 32.1. The van der Waals surface area contributed by atoms with Gasteiger partial charge < -0.3 is 0 Å². The monoisotopic (exact) mass is 1250 g/mol. The minimum atomic E-state index is -2.98. The van der Waals surface area contributed by atoms with Crippen molar-refractivity contribution in [3.05, 3.63) is 77.7 Å². The third kappa shape index (κ3) is 13.9. The number of hydrogen-bond acceptors (Lipinski definition) is 8. The Balaban J connectivity index is 1.02. The molecule has 0 radical (unpaired) electrons. The second-order valence-electron chi connectivity index (χ2n) is 23.6. The topological polar surface area (TPSA) is 0 Å². The van der Waals surface area contributed by atoms with Crippen molar-refractivity contribution in [2.75, 3.05) is 0 Å². The predicted octanol–water partition coefficient (Wildman–Crippen LogP) is 21.4. The molecular weight excluding hydrogens is 1180 g/mol. The molecule has 0 N–H and O–H groups in total. The average molecular weight is 1250 g/mol. The number of halogens is 3. The fourth-order valence-corrected chi connectivity index (χ4v) is 31.5. The van der Waals surface area contributed by atoms with Gasteiger partial charge in [0.2, 0.25) is 0 Å². The summed E-state index contributed by atoms with van der Waals surface area (Å²) >= 11 is 35.4. The largest absolute Gasteiger partial charge is 0.383 e. The number of hydrogen-bond donors (Lipinski definition) is 0. The van der Waals surface area contributed by atoms with Crippen LogP contribution in [-0.2, 0) is 6.42 Å². The lowest BCUT2D eigenvalue weighted by Crippen LogP contribution is -2.39. The Hall–Kier alpha value is -0.446. The van der Waals surface area contributed by atoms with Gasteiger partial charge in [-0.3, -0.25) is 0 Å². The summed E-state index contributed by atoms with van der Waals surface area (Å²) in [5.74, 6) is 0. The zero-order valence-corrected chi connectivity index (χ0v) is 58.4. The van der Waals surface area contributed by atoms with E-state index in [2.05, 4.69) is 170 Å². The second kappa shape index (κ2) is 23.5. The summed E-state index contributed by atoms with van der Waals surface area (Å²) in [4.78, 5) is 21.1. The molecule has 8 aromatic rings. The highest BCUT2D eigenvalue weighted by molar-refractivity contribution is 7.73. The third-order valence-electron chi connectivity index (χ3n) is 13.3. The molecule has 0 saturated carbocycles. The van der Waals surface area contributed by atoms with Crippen LogP contribution >= 0.6 is 124 Å². The summed E-state index contributed by atoms with van der Waals surface area (Å²) in [7, 11) is -6.58. The zero-order valence-electron chi connectivity index (χ0n) is 44.6. The van der Waals surface area contributed by atoms with E-state index in [9.17, 15) is 0 Å². The standard InChI is InChI=1S/C56H73Cl3S8Si5/c1-14-15-16-17-18-19-20-21-22-23-24-37-33-48(68(2,3)4)53(60-37)42-29-25-38(61-42)39-26-30-43(62-39)54-49(69(5,6)7)34-46(65-54)47-35-50(70(8,9)10)55(66-47)44-31-27-40(63-44)41-28-32-45(64-41)56-51(71(11,12)13)36-52(67-56)72(57,58)59/h25-36H,14-24H2,1-13H3. The van der Waals surface area contributed by atoms with Gasteiger partial charge in [0, 0.05) is 77.7 Å². The van der Waals surface area contributed by atoms with E-state index >= 15 is 0 Å². The van der Waals surface area contributed by atoms with E-state index in [-0.39, 0.29) is 0 Å². The molecule has 8 rings (SSSR count). The second-order valence-corrected chi connectivity index (χ2v) is 61.1. The molecule has 0 amide bonds. The lowest BCUT2D eigenvalue weighted by molar-refractivity contribution is 0.557. The molecule has 0 nitrogen and oxygen atoms in total. The highest BCUT2D eigenvalue weighted by Gasteiger charge is 2.35. The first kappa shape index (κ1) is 57.7. The van der Waals surface area contributed by atoms with E-state index in [1.807, 2.05) is 68.0 Å². The molecule has 0 saturated heterocycles. The van der Waals surface area contributed by atoms with E-state index in [1.165, 1.54) is 139 Å². The highest BCUT2D eigenvalue weighted by atomic mass is 35.8. The summed E-state index contributed by atoms with van der Waals surface area (Å²) in [6, 6.07) is 26.0. The quantitative estimate of drug-likeness (QED) is 0.0340. The molecule has 72 heavy (non-hydrogen) atoms. The fraction of sp³-hybridized carbons (Fsp3) is 0.429. The minimum absolute atomic E-state index is 0.941. The number of unbranched alkanes of at least 4 members (excludes halogenated alkanes) is 9. The van der Waals surface area contributed by atoms with Crippen molar-refractivity contribution in [1.82, 2.24) is 0 Å². The molecule has 0 atom stereocenters. The molecule has 0 aliphatic carbocycles. The third-order valence-corrected chi connectivity index (χ3v) is 36.9. The summed E-state index contributed by atoms with van der Waals surface area (Å²) < 4.78 is 0.941. The van der Waals surface area contributed by atoms with Crippen molar-refractivity contribution in [3.8, 4) is 68.3 Å². The van der Waals surface area contributed by atoms with Crippen LogP contribution in [-0.4, -0.2) is 38.3 Å². The van der Waals surface area contributed by atoms with E-state index in [0.717, 1.165) is 4.50 Å². The molecule has 0 spiro atoms. The Labute approximate surface area is 484 Å². The van der Waals surface area contributed by atoms with Gasteiger partial charge in [-0.05, 0) is 106 Å². The van der Waals surface area contributed by atoms with Crippen LogP contribution in [0.25, 0.3) is 68.3 Å². The first-order valence-electron chi connectivity index (χ1n) is 25.8. The van der Waals surface area contributed by atoms with Gasteiger partial charge in [-0.25, -0.2) is 0 Å². The van der Waals surface area contributed by atoms with Gasteiger partial charge in [-0.15, -0.1) is 124 Å². The van der Waals surface area contributed by atoms with Crippen molar-refractivity contribution in [2.45, 2.75) is 156 Å². The average Bonchev–Trinajstić information content (AvgIpc) is 4.13. The van der Waals surface area contributed by atoms with Crippen molar-refractivity contribution < 1.29 is 0 Å². The first-order valence-corrected chi connectivity index (χ1v) is 51.4. The SMILES string of the molecule is CCCCCCCCCCCCc1cc([Si](C)(C)C)c(-c2ccc(-c3ccc(-c4sc(-c5cc([Si](C)(C)C)c(-c6ccc(-c7ccc(-c8sc([Si](Cl)(Cl)Cl)cc8[Si](C)(C)C)s7)s6)s5)cc4[Si](C)(C)C)s3)s2)s1. The van der Waals surface area contributed by atoms with Crippen molar-refractivity contribution in [2.24, 2.45) is 0 Å². The molecule has 0 fully saturated rings. The van der Waals surface area contributed by atoms with Crippen LogP contribution < -0.4 is 25.2 Å². The zero-order chi connectivity index (χ0) is 52.0. The molecular formula is C56H73Cl3S8Si5. The fourth-order valence-electron chi connectivity index (χ4n) is 9.24. The van der Waals surface area contributed by atoms with Crippen molar-refractivity contribution in [1.29, 1.82) is 0 Å². The van der Waals surface area contributed by atoms with Crippen LogP contribution in [0.3, 0.4) is 0 Å². The molecule has 0 bridgehead atoms. The molecule has 8 heterocycles. The lowest BCUT2D eigenvalue weighted by Gasteiger charge is -2.16. The van der Waals surface area contributed by atoms with Crippen molar-refractivity contribution in [3.63, 3.8) is 0 Å². The van der Waals surface area contributed by atoms with Crippen LogP contribution in [0.5, 0.6) is 0 Å². The van der Waals surface area contributed by atoms with Gasteiger partial charge in [0.15, 0.2) is 0 Å². The minimum Gasteiger partial charge on any atom is -0.140 e. The van der Waals surface area contributed by atoms with Crippen LogP contribution in [0, 0.1) is 0 Å². The number of rotatable bonds is 23. The van der Waals surface area contributed by atoms with Crippen LogP contribution in [0.15, 0.2) is 72.8 Å². The normalized spacial score (nSPS) is 13.1. The van der Waals surface area contributed by atoms with Gasteiger partial charge in [0.05, 0.1) is 32.3 Å². The Morgan fingerprint density at radius 2 is 0.625 bits per heavy atom. The molecule has 0 aliphatic heterocycles. The maximum atomic E-state index is 6.57. The Kier molecular flexibility index (Phi) is 18.8. The molecule has 0 aromatic carbocycles. The van der Waals surface area contributed by atoms with Crippen LogP contribution in [0.4, 0.5) is 0 Å². The lowest BCUT2D eigenvalue weighted by atomic mass is 10.1. The van der Waals surface area contributed by atoms with Gasteiger partial charge >= 0.3 is 6.00 Å². The van der Waals surface area contributed by atoms with Gasteiger partial charge in [0.1, 0.15) is 0 Å². The predicted molar refractivity (Wildman–Crippen MR) is 358 cm³/mol. The highest BCUT2D eigenvalue weighted by Crippen LogP contribution is 2.48. The van der Waals surface area contributed by atoms with Gasteiger partial charge in [-0.2, -0.15) is 0 Å². The van der Waals surface area contributed by atoms with Crippen LogP contribution in [0.2, 0.25) is 78.6 Å². The van der Waals surface area contributed by atoms with E-state index in [4.69, 9.17) is 33.2 Å². The van der Waals surface area contributed by atoms with E-state index < -0.39 is 38.3 Å². The van der Waals surface area contributed by atoms with Gasteiger partial charge in [0.25, 0.3) is 0 Å². The number of thiophene rings is 8. The maximum Gasteiger partial charge on any atom is 0.383 e. The smallest absolute Gasteiger partial charge is 0.140 e. The Morgan fingerprint density at radius 3 is 0.986 bits per heavy atom. The Bertz CT molecular complexity index is 3080. The summed E-state index contributed by atoms with van der Waals surface area (Å²) in [5.41, 5.74) is 0. The molecule has 0 aliphatic rings. The molecule has 16 heteroatoms. The van der Waals surface area contributed by atoms with Crippen LogP contribution in [0.1, 0.15) is 76.0 Å². The van der Waals surface area contributed by atoms with E-state index in [0.29, 0.717) is 0 Å². The summed E-state index contributed by atoms with van der Waals surface area (Å²) in [6.07, 6.45) is 15.1. The van der Waals surface area contributed by atoms with Gasteiger partial charge in [-0.1, -0.05) is 143 Å². The number of aryl methyl sites for hydroxylation is 1. The summed E-state index contributed by atoms with van der Waals surface area (Å²) in [5, 5.41) is 6.19. The molecule has 0 unspecified atom stereocenters. The first-order chi connectivity index (χ1) is 33.8. The van der Waals surface area contributed by atoms with Crippen molar-refractivity contribution >= 4 is 187 Å². The van der Waals surface area contributed by atoms with E-state index in [1.54, 1.807) is 36.7 Å². The molecule has 386 valence electrons.